The van der Waals surface area contributed by atoms with Crippen molar-refractivity contribution in [2.45, 2.75) is 32.6 Å². The Morgan fingerprint density at radius 1 is 1.50 bits per heavy atom. The Labute approximate surface area is 129 Å². The van der Waals surface area contributed by atoms with Crippen LogP contribution < -0.4 is 0 Å². The van der Waals surface area contributed by atoms with Crippen LogP contribution in [-0.4, -0.2) is 39.0 Å². The van der Waals surface area contributed by atoms with Crippen molar-refractivity contribution in [3.8, 4) is 0 Å². The van der Waals surface area contributed by atoms with Crippen molar-refractivity contribution >= 4 is 5.91 Å². The van der Waals surface area contributed by atoms with Crippen LogP contribution in [0.5, 0.6) is 0 Å². The Hall–Kier alpha value is -2.24. The Kier molecular flexibility index (Phi) is 4.46. The first-order valence-electron chi connectivity index (χ1n) is 7.66. The molecule has 116 valence electrons. The summed E-state index contributed by atoms with van der Waals surface area (Å²) < 4.78 is 5.01. The zero-order chi connectivity index (χ0) is 15.4. The van der Waals surface area contributed by atoms with E-state index in [9.17, 15) is 4.79 Å². The second-order valence-electron chi connectivity index (χ2n) is 5.82. The highest BCUT2D eigenvalue weighted by Crippen LogP contribution is 2.20. The molecule has 1 unspecified atom stereocenters. The van der Waals surface area contributed by atoms with Gasteiger partial charge in [0.2, 0.25) is 11.8 Å². The van der Waals surface area contributed by atoms with E-state index in [1.807, 2.05) is 17.0 Å². The Bertz CT molecular complexity index is 626. The number of amides is 1. The lowest BCUT2D eigenvalue weighted by Gasteiger charge is -2.32. The van der Waals surface area contributed by atoms with E-state index in [4.69, 9.17) is 4.52 Å². The number of piperidine rings is 1. The first-order valence-corrected chi connectivity index (χ1v) is 7.66. The molecule has 1 fully saturated rings. The van der Waals surface area contributed by atoms with Gasteiger partial charge in [-0.2, -0.15) is 4.98 Å². The molecule has 0 aliphatic carbocycles. The van der Waals surface area contributed by atoms with Crippen molar-refractivity contribution in [3.05, 3.63) is 41.8 Å². The van der Waals surface area contributed by atoms with Gasteiger partial charge in [-0.3, -0.25) is 9.78 Å². The largest absolute Gasteiger partial charge is 0.342 e. The molecule has 6 nitrogen and oxygen atoms in total. The molecule has 0 radical (unpaired) electrons. The van der Waals surface area contributed by atoms with Crippen LogP contribution in [0.2, 0.25) is 0 Å². The molecule has 0 spiro atoms. The summed E-state index contributed by atoms with van der Waals surface area (Å²) in [6.07, 6.45) is 6.79. The molecule has 0 bridgehead atoms. The summed E-state index contributed by atoms with van der Waals surface area (Å²) in [6, 6.07) is 3.80. The summed E-state index contributed by atoms with van der Waals surface area (Å²) in [7, 11) is 0. The highest BCUT2D eigenvalue weighted by molar-refractivity contribution is 5.78. The molecule has 0 saturated carbocycles. The van der Waals surface area contributed by atoms with E-state index in [2.05, 4.69) is 15.1 Å². The lowest BCUT2D eigenvalue weighted by molar-refractivity contribution is -0.132. The standard InChI is InChI=1S/C16H20N4O2/c1-12-18-15(19-22-12)8-14-5-3-7-20(11-14)16(21)9-13-4-2-6-17-10-13/h2,4,6,10,14H,3,5,7-9,11H2,1H3. The second-order valence-corrected chi connectivity index (χ2v) is 5.82. The van der Waals surface area contributed by atoms with Crippen LogP contribution in [0.1, 0.15) is 30.1 Å². The predicted molar refractivity (Wildman–Crippen MR) is 80.0 cm³/mol. The summed E-state index contributed by atoms with van der Waals surface area (Å²) >= 11 is 0. The SMILES string of the molecule is Cc1nc(CC2CCCN(C(=O)Cc3cccnc3)C2)no1. The molecule has 3 heterocycles. The molecule has 0 aromatic carbocycles. The molecular weight excluding hydrogens is 280 g/mol. The lowest BCUT2D eigenvalue weighted by Crippen LogP contribution is -2.41. The van der Waals surface area contributed by atoms with Gasteiger partial charge in [-0.05, 0) is 30.4 Å². The first kappa shape index (κ1) is 14.7. The van der Waals surface area contributed by atoms with Crippen LogP contribution in [0.25, 0.3) is 0 Å². The van der Waals surface area contributed by atoms with Crippen molar-refractivity contribution in [2.24, 2.45) is 5.92 Å². The smallest absolute Gasteiger partial charge is 0.227 e. The average molecular weight is 300 g/mol. The number of nitrogens with zero attached hydrogens (tertiary/aromatic N) is 4. The number of hydrogen-bond donors (Lipinski definition) is 0. The molecule has 1 amide bonds. The van der Waals surface area contributed by atoms with Gasteiger partial charge in [0.05, 0.1) is 6.42 Å². The Balaban J connectivity index is 1.57. The predicted octanol–water partition coefficient (Wildman–Crippen LogP) is 1.80. The number of hydrogen-bond acceptors (Lipinski definition) is 5. The minimum absolute atomic E-state index is 0.169. The van der Waals surface area contributed by atoms with E-state index in [0.29, 0.717) is 18.2 Å². The van der Waals surface area contributed by atoms with Crippen LogP contribution in [0.4, 0.5) is 0 Å². The molecule has 2 aromatic heterocycles. The number of likely N-dealkylation sites (tertiary alicyclic amines) is 1. The minimum atomic E-state index is 0.169. The number of carbonyl (C=O) groups excluding carboxylic acids is 1. The van der Waals surface area contributed by atoms with Gasteiger partial charge in [0.1, 0.15) is 0 Å². The molecule has 2 aromatic rings. The zero-order valence-electron chi connectivity index (χ0n) is 12.7. The quantitative estimate of drug-likeness (QED) is 0.861. The van der Waals surface area contributed by atoms with Gasteiger partial charge < -0.3 is 9.42 Å². The molecule has 1 aliphatic rings. The van der Waals surface area contributed by atoms with Gasteiger partial charge in [-0.25, -0.2) is 0 Å². The number of carbonyl (C=O) groups is 1. The molecule has 1 atom stereocenters. The molecule has 3 rings (SSSR count). The van der Waals surface area contributed by atoms with Gasteiger partial charge >= 0.3 is 0 Å². The molecular formula is C16H20N4O2. The van der Waals surface area contributed by atoms with E-state index in [1.54, 1.807) is 19.3 Å². The van der Waals surface area contributed by atoms with Crippen molar-refractivity contribution in [2.75, 3.05) is 13.1 Å². The van der Waals surface area contributed by atoms with Gasteiger partial charge in [0, 0.05) is 38.8 Å². The molecule has 6 heteroatoms. The highest BCUT2D eigenvalue weighted by atomic mass is 16.5. The van der Waals surface area contributed by atoms with Crippen LogP contribution in [0.15, 0.2) is 29.0 Å². The molecule has 1 saturated heterocycles. The van der Waals surface area contributed by atoms with Gasteiger partial charge in [-0.1, -0.05) is 11.2 Å². The van der Waals surface area contributed by atoms with Crippen LogP contribution in [-0.2, 0) is 17.6 Å². The molecule has 22 heavy (non-hydrogen) atoms. The highest BCUT2D eigenvalue weighted by Gasteiger charge is 2.25. The van der Waals surface area contributed by atoms with Crippen molar-refractivity contribution in [1.82, 2.24) is 20.0 Å². The normalized spacial score (nSPS) is 18.4. The second kappa shape index (κ2) is 6.68. The van der Waals surface area contributed by atoms with Crippen molar-refractivity contribution in [3.63, 3.8) is 0 Å². The lowest BCUT2D eigenvalue weighted by atomic mass is 9.94. The van der Waals surface area contributed by atoms with E-state index < -0.39 is 0 Å². The van der Waals surface area contributed by atoms with E-state index in [0.717, 1.165) is 43.7 Å². The molecule has 1 aliphatic heterocycles. The Morgan fingerprint density at radius 2 is 2.41 bits per heavy atom. The monoisotopic (exact) mass is 300 g/mol. The van der Waals surface area contributed by atoms with Crippen LogP contribution in [0.3, 0.4) is 0 Å². The maximum Gasteiger partial charge on any atom is 0.227 e. The Morgan fingerprint density at radius 3 is 3.14 bits per heavy atom. The van der Waals surface area contributed by atoms with E-state index in [1.165, 1.54) is 0 Å². The third-order valence-electron chi connectivity index (χ3n) is 3.99. The number of rotatable bonds is 4. The number of aromatic nitrogens is 3. The third-order valence-corrected chi connectivity index (χ3v) is 3.99. The topological polar surface area (TPSA) is 72.1 Å². The zero-order valence-corrected chi connectivity index (χ0v) is 12.7. The summed E-state index contributed by atoms with van der Waals surface area (Å²) in [6.45, 7) is 3.40. The first-order chi connectivity index (χ1) is 10.7. The average Bonchev–Trinajstić information content (AvgIpc) is 2.93. The van der Waals surface area contributed by atoms with Gasteiger partial charge in [-0.15, -0.1) is 0 Å². The van der Waals surface area contributed by atoms with Gasteiger partial charge in [0.25, 0.3) is 0 Å². The van der Waals surface area contributed by atoms with Crippen molar-refractivity contribution in [1.29, 1.82) is 0 Å². The van der Waals surface area contributed by atoms with E-state index >= 15 is 0 Å². The fourth-order valence-corrected chi connectivity index (χ4v) is 2.93. The number of pyridine rings is 1. The van der Waals surface area contributed by atoms with Crippen molar-refractivity contribution < 1.29 is 9.32 Å². The van der Waals surface area contributed by atoms with E-state index in [-0.39, 0.29) is 5.91 Å². The third kappa shape index (κ3) is 3.69. The summed E-state index contributed by atoms with van der Waals surface area (Å²) in [4.78, 5) is 22.7. The number of aryl methyl sites for hydroxylation is 1. The summed E-state index contributed by atoms with van der Waals surface area (Å²) in [5.74, 6) is 1.91. The van der Waals surface area contributed by atoms with Crippen LogP contribution in [0, 0.1) is 12.8 Å². The fourth-order valence-electron chi connectivity index (χ4n) is 2.93. The minimum Gasteiger partial charge on any atom is -0.342 e. The van der Waals surface area contributed by atoms with Gasteiger partial charge in [0.15, 0.2) is 5.82 Å². The molecule has 0 N–H and O–H groups in total. The maximum atomic E-state index is 12.4. The summed E-state index contributed by atoms with van der Waals surface area (Å²) in [5, 5.41) is 3.95. The summed E-state index contributed by atoms with van der Waals surface area (Å²) in [5.41, 5.74) is 0.961. The maximum absolute atomic E-state index is 12.4. The van der Waals surface area contributed by atoms with Crippen LogP contribution >= 0.6 is 0 Å². The fraction of sp³-hybridized carbons (Fsp3) is 0.500.